The van der Waals surface area contributed by atoms with E-state index in [1.54, 1.807) is 0 Å². The Morgan fingerprint density at radius 1 is 0.939 bits per heavy atom. The number of guanidine groups is 1. The van der Waals surface area contributed by atoms with Crippen molar-refractivity contribution in [2.75, 3.05) is 33.2 Å². The topological polar surface area (TPSA) is 60.0 Å². The van der Waals surface area contributed by atoms with Gasteiger partial charge in [-0.1, -0.05) is 42.5 Å². The lowest BCUT2D eigenvalue weighted by Gasteiger charge is -2.27. The molecule has 2 aromatic rings. The Hall–Kier alpha value is -2.86. The molecule has 4 rings (SSSR count). The standard InChI is InChI=1S/C27H37N5O/c1-28-27(30-20-25-14-9-17-32(25)21-22-10-4-2-5-11-22)29-19-23-12-8-13-24(18-23)26(33)31-15-6-3-7-16-31/h2,4-5,8,10-13,18,25H,3,6-7,9,14-17,19-21H2,1H3,(H2,28,29,30). The molecule has 2 aliphatic heterocycles. The molecule has 2 aromatic carbocycles. The SMILES string of the molecule is CN=C(NCc1cccc(C(=O)N2CCCCC2)c1)NCC1CCCN1Cc1ccccc1. The minimum absolute atomic E-state index is 0.152. The molecule has 2 heterocycles. The predicted octanol–water partition coefficient (Wildman–Crippen LogP) is 3.64. The second-order valence-corrected chi connectivity index (χ2v) is 9.11. The van der Waals surface area contributed by atoms with Crippen LogP contribution in [0, 0.1) is 0 Å². The van der Waals surface area contributed by atoms with Gasteiger partial charge in [0.2, 0.25) is 0 Å². The maximum Gasteiger partial charge on any atom is 0.253 e. The van der Waals surface area contributed by atoms with Crippen molar-refractivity contribution >= 4 is 11.9 Å². The second-order valence-electron chi connectivity index (χ2n) is 9.11. The molecule has 2 fully saturated rings. The van der Waals surface area contributed by atoms with Gasteiger partial charge in [0, 0.05) is 51.4 Å². The van der Waals surface area contributed by atoms with Crippen LogP contribution in [0.1, 0.15) is 53.6 Å². The van der Waals surface area contributed by atoms with E-state index in [-0.39, 0.29) is 5.91 Å². The summed E-state index contributed by atoms with van der Waals surface area (Å²) < 4.78 is 0. The lowest BCUT2D eigenvalue weighted by molar-refractivity contribution is 0.0724. The maximum absolute atomic E-state index is 12.8. The Balaban J connectivity index is 1.27. The van der Waals surface area contributed by atoms with Crippen molar-refractivity contribution in [1.29, 1.82) is 0 Å². The first-order valence-electron chi connectivity index (χ1n) is 12.3. The molecule has 33 heavy (non-hydrogen) atoms. The minimum atomic E-state index is 0.152. The molecule has 0 bridgehead atoms. The fourth-order valence-electron chi connectivity index (χ4n) is 4.87. The van der Waals surface area contributed by atoms with E-state index in [2.05, 4.69) is 56.9 Å². The summed E-state index contributed by atoms with van der Waals surface area (Å²) in [7, 11) is 1.81. The van der Waals surface area contributed by atoms with E-state index in [1.807, 2.05) is 30.1 Å². The summed E-state index contributed by atoms with van der Waals surface area (Å²) in [6, 6.07) is 19.2. The smallest absolute Gasteiger partial charge is 0.253 e. The van der Waals surface area contributed by atoms with Gasteiger partial charge in [0.05, 0.1) is 0 Å². The number of carbonyl (C=O) groups excluding carboxylic acids is 1. The van der Waals surface area contributed by atoms with E-state index in [0.717, 1.165) is 62.7 Å². The Morgan fingerprint density at radius 2 is 1.73 bits per heavy atom. The molecule has 0 radical (unpaired) electrons. The highest BCUT2D eigenvalue weighted by atomic mass is 16.2. The molecular formula is C27H37N5O. The van der Waals surface area contributed by atoms with Crippen LogP contribution in [0.25, 0.3) is 0 Å². The molecule has 2 saturated heterocycles. The first-order chi connectivity index (χ1) is 16.2. The molecule has 1 unspecified atom stereocenters. The Kier molecular flexibility index (Phi) is 8.36. The van der Waals surface area contributed by atoms with Crippen molar-refractivity contribution < 1.29 is 4.79 Å². The first kappa shape index (κ1) is 23.3. The third-order valence-electron chi connectivity index (χ3n) is 6.73. The highest BCUT2D eigenvalue weighted by Crippen LogP contribution is 2.19. The van der Waals surface area contributed by atoms with Crippen LogP contribution in [0.4, 0.5) is 0 Å². The molecule has 0 saturated carbocycles. The molecular weight excluding hydrogens is 410 g/mol. The van der Waals surface area contributed by atoms with Crippen LogP contribution in [0.2, 0.25) is 0 Å². The van der Waals surface area contributed by atoms with Gasteiger partial charge in [-0.15, -0.1) is 0 Å². The van der Waals surface area contributed by atoms with Crippen LogP contribution in [0.3, 0.4) is 0 Å². The predicted molar refractivity (Wildman–Crippen MR) is 134 cm³/mol. The number of benzene rings is 2. The number of likely N-dealkylation sites (tertiary alicyclic amines) is 2. The van der Waals surface area contributed by atoms with Gasteiger partial charge in [-0.2, -0.15) is 0 Å². The van der Waals surface area contributed by atoms with Gasteiger partial charge in [-0.25, -0.2) is 0 Å². The minimum Gasteiger partial charge on any atom is -0.355 e. The maximum atomic E-state index is 12.8. The van der Waals surface area contributed by atoms with Crippen molar-refractivity contribution in [3.63, 3.8) is 0 Å². The summed E-state index contributed by atoms with van der Waals surface area (Å²) in [5.74, 6) is 0.952. The Bertz CT molecular complexity index is 923. The lowest BCUT2D eigenvalue weighted by Crippen LogP contribution is -2.44. The molecule has 1 atom stereocenters. The number of aliphatic imine (C=N–C) groups is 1. The van der Waals surface area contributed by atoms with Gasteiger partial charge in [0.1, 0.15) is 0 Å². The number of nitrogens with zero attached hydrogens (tertiary/aromatic N) is 3. The van der Waals surface area contributed by atoms with E-state index in [9.17, 15) is 4.79 Å². The largest absolute Gasteiger partial charge is 0.355 e. The monoisotopic (exact) mass is 447 g/mol. The second kappa shape index (κ2) is 11.8. The van der Waals surface area contributed by atoms with Gasteiger partial charge in [-0.05, 0) is 61.9 Å². The first-order valence-corrected chi connectivity index (χ1v) is 12.3. The van der Waals surface area contributed by atoms with Crippen molar-refractivity contribution in [2.24, 2.45) is 4.99 Å². The van der Waals surface area contributed by atoms with E-state index in [4.69, 9.17) is 0 Å². The molecule has 176 valence electrons. The molecule has 6 heteroatoms. The summed E-state index contributed by atoms with van der Waals surface area (Å²) in [5.41, 5.74) is 3.24. The summed E-state index contributed by atoms with van der Waals surface area (Å²) in [4.78, 5) is 21.8. The molecule has 0 spiro atoms. The van der Waals surface area contributed by atoms with Crippen LogP contribution in [0.15, 0.2) is 59.6 Å². The average Bonchev–Trinajstić information content (AvgIpc) is 3.31. The Labute approximate surface area is 198 Å². The lowest BCUT2D eigenvalue weighted by atomic mass is 10.1. The quantitative estimate of drug-likeness (QED) is 0.503. The summed E-state index contributed by atoms with van der Waals surface area (Å²) in [5, 5.41) is 6.92. The summed E-state index contributed by atoms with van der Waals surface area (Å²) in [6.07, 6.45) is 5.89. The zero-order chi connectivity index (χ0) is 22.9. The zero-order valence-corrected chi connectivity index (χ0v) is 19.8. The summed E-state index contributed by atoms with van der Waals surface area (Å²) >= 11 is 0. The van der Waals surface area contributed by atoms with Crippen LogP contribution >= 0.6 is 0 Å². The number of hydrogen-bond donors (Lipinski definition) is 2. The fraction of sp³-hybridized carbons (Fsp3) is 0.481. The van der Waals surface area contributed by atoms with Crippen LogP contribution in [-0.4, -0.2) is 60.9 Å². The third kappa shape index (κ3) is 6.57. The van der Waals surface area contributed by atoms with Gasteiger partial charge in [-0.3, -0.25) is 14.7 Å². The molecule has 0 aliphatic carbocycles. The van der Waals surface area contributed by atoms with Crippen LogP contribution < -0.4 is 10.6 Å². The highest BCUT2D eigenvalue weighted by Gasteiger charge is 2.24. The van der Waals surface area contributed by atoms with Crippen molar-refractivity contribution in [1.82, 2.24) is 20.4 Å². The van der Waals surface area contributed by atoms with Crippen molar-refractivity contribution in [3.05, 3.63) is 71.3 Å². The number of rotatable bonds is 7. The van der Waals surface area contributed by atoms with E-state index in [1.165, 1.54) is 24.8 Å². The van der Waals surface area contributed by atoms with E-state index >= 15 is 0 Å². The Morgan fingerprint density at radius 3 is 2.52 bits per heavy atom. The zero-order valence-electron chi connectivity index (χ0n) is 19.8. The molecule has 2 aliphatic rings. The fourth-order valence-corrected chi connectivity index (χ4v) is 4.87. The van der Waals surface area contributed by atoms with E-state index in [0.29, 0.717) is 12.6 Å². The van der Waals surface area contributed by atoms with Gasteiger partial charge in [0.25, 0.3) is 5.91 Å². The molecule has 2 N–H and O–H groups in total. The van der Waals surface area contributed by atoms with Crippen molar-refractivity contribution in [2.45, 2.75) is 51.2 Å². The third-order valence-corrected chi connectivity index (χ3v) is 6.73. The average molecular weight is 448 g/mol. The summed E-state index contributed by atoms with van der Waals surface area (Å²) in [6.45, 7) is 5.40. The number of piperidine rings is 1. The van der Waals surface area contributed by atoms with Gasteiger partial charge in [0.15, 0.2) is 5.96 Å². The van der Waals surface area contributed by atoms with Gasteiger partial charge < -0.3 is 15.5 Å². The number of carbonyl (C=O) groups is 1. The highest BCUT2D eigenvalue weighted by molar-refractivity contribution is 5.94. The van der Waals surface area contributed by atoms with E-state index < -0.39 is 0 Å². The normalized spacial score (nSPS) is 19.5. The molecule has 0 aromatic heterocycles. The number of nitrogens with one attached hydrogen (secondary N) is 2. The van der Waals surface area contributed by atoms with Crippen LogP contribution in [0.5, 0.6) is 0 Å². The molecule has 6 nitrogen and oxygen atoms in total. The van der Waals surface area contributed by atoms with Gasteiger partial charge >= 0.3 is 0 Å². The van der Waals surface area contributed by atoms with Crippen LogP contribution in [-0.2, 0) is 13.1 Å². The number of hydrogen-bond acceptors (Lipinski definition) is 3. The van der Waals surface area contributed by atoms with Crippen molar-refractivity contribution in [3.8, 4) is 0 Å². The molecule has 1 amide bonds. The number of amides is 1.